The quantitative estimate of drug-likeness (QED) is 0.651. The molecule has 0 aliphatic heterocycles. The number of carbonyl (C=O) groups excluding carboxylic acids is 1. The summed E-state index contributed by atoms with van der Waals surface area (Å²) in [6.07, 6.45) is 3.55. The van der Waals surface area contributed by atoms with Gasteiger partial charge in [0.15, 0.2) is 0 Å². The number of carbonyl (C=O) groups is 1. The maximum absolute atomic E-state index is 11.6. The molecule has 0 saturated heterocycles. The van der Waals surface area contributed by atoms with Gasteiger partial charge in [0.1, 0.15) is 0 Å². The fourth-order valence-corrected chi connectivity index (χ4v) is 2.82. The van der Waals surface area contributed by atoms with E-state index in [1.165, 1.54) is 7.11 Å². The van der Waals surface area contributed by atoms with Gasteiger partial charge in [-0.25, -0.2) is 4.79 Å². The molecule has 0 radical (unpaired) electrons. The maximum Gasteiger partial charge on any atom is 0.337 e. The van der Waals surface area contributed by atoms with Gasteiger partial charge in [0.25, 0.3) is 0 Å². The summed E-state index contributed by atoms with van der Waals surface area (Å²) in [5, 5.41) is 10.1. The van der Waals surface area contributed by atoms with Crippen LogP contribution < -0.4 is 10.6 Å². The number of likely N-dealkylation sites (N-methyl/N-ethyl adjacent to an activating group) is 1. The highest BCUT2D eigenvalue weighted by atomic mass is 16.5. The molecular weight excluding hydrogens is 256 g/mol. The molecule has 3 N–H and O–H groups in total. The number of nitrogens with zero attached hydrogens (tertiary/aromatic N) is 1. The van der Waals surface area contributed by atoms with Crippen LogP contribution in [0.3, 0.4) is 0 Å². The van der Waals surface area contributed by atoms with Gasteiger partial charge in [-0.05, 0) is 31.0 Å². The van der Waals surface area contributed by atoms with E-state index in [1.54, 1.807) is 18.2 Å². The molecule has 1 aliphatic carbocycles. The zero-order chi connectivity index (χ0) is 14.7. The lowest BCUT2D eigenvalue weighted by atomic mass is 9.91. The molecule has 0 aromatic heterocycles. The number of methoxy groups -OCH3 is 1. The average molecular weight is 278 g/mol. The van der Waals surface area contributed by atoms with Crippen LogP contribution in [-0.4, -0.2) is 37.4 Å². The van der Waals surface area contributed by atoms with Crippen LogP contribution in [0.25, 0.3) is 0 Å². The van der Waals surface area contributed by atoms with Crippen molar-refractivity contribution in [2.75, 3.05) is 24.8 Å². The number of hydrogen-bond acceptors (Lipinski definition) is 5. The third-order valence-electron chi connectivity index (χ3n) is 4.02. The minimum atomic E-state index is -0.385. The Morgan fingerprint density at radius 2 is 2.10 bits per heavy atom. The Labute approximate surface area is 119 Å². The Bertz CT molecular complexity index is 490. The van der Waals surface area contributed by atoms with Gasteiger partial charge >= 0.3 is 5.97 Å². The van der Waals surface area contributed by atoms with Crippen molar-refractivity contribution < 1.29 is 14.6 Å². The van der Waals surface area contributed by atoms with Crippen LogP contribution in [0.1, 0.15) is 36.0 Å². The highest BCUT2D eigenvalue weighted by molar-refractivity contribution is 5.92. The first-order valence-electron chi connectivity index (χ1n) is 6.93. The van der Waals surface area contributed by atoms with E-state index in [0.717, 1.165) is 31.4 Å². The lowest BCUT2D eigenvalue weighted by molar-refractivity contribution is 0.0601. The third-order valence-corrected chi connectivity index (χ3v) is 4.02. The first-order chi connectivity index (χ1) is 9.54. The van der Waals surface area contributed by atoms with E-state index in [-0.39, 0.29) is 18.1 Å². The Hall–Kier alpha value is -1.75. The number of nitrogens with two attached hydrogens (primary N) is 1. The van der Waals surface area contributed by atoms with Crippen molar-refractivity contribution in [3.8, 4) is 0 Å². The summed E-state index contributed by atoms with van der Waals surface area (Å²) in [5.41, 5.74) is 7.83. The minimum Gasteiger partial charge on any atom is -0.465 e. The normalized spacial score (nSPS) is 22.4. The van der Waals surface area contributed by atoms with Gasteiger partial charge in [0, 0.05) is 7.05 Å². The van der Waals surface area contributed by atoms with E-state index in [4.69, 9.17) is 10.5 Å². The molecule has 0 bridgehead atoms. The second-order valence-corrected chi connectivity index (χ2v) is 5.30. The van der Waals surface area contributed by atoms with Crippen molar-refractivity contribution in [1.29, 1.82) is 0 Å². The Kier molecular flexibility index (Phi) is 4.49. The summed E-state index contributed by atoms with van der Waals surface area (Å²) >= 11 is 0. The molecule has 5 heteroatoms. The van der Waals surface area contributed by atoms with Crippen LogP contribution in [0.15, 0.2) is 18.2 Å². The molecule has 1 aromatic carbocycles. The largest absolute Gasteiger partial charge is 0.465 e. The number of nitrogen functional groups attached to an aromatic ring is 1. The van der Waals surface area contributed by atoms with Crippen molar-refractivity contribution in [1.82, 2.24) is 0 Å². The van der Waals surface area contributed by atoms with Gasteiger partial charge in [-0.3, -0.25) is 0 Å². The molecule has 2 rings (SSSR count). The van der Waals surface area contributed by atoms with Gasteiger partial charge < -0.3 is 20.5 Å². The zero-order valence-electron chi connectivity index (χ0n) is 12.0. The molecule has 0 heterocycles. The fourth-order valence-electron chi connectivity index (χ4n) is 2.82. The summed E-state index contributed by atoms with van der Waals surface area (Å²) < 4.78 is 4.73. The van der Waals surface area contributed by atoms with Gasteiger partial charge in [-0.1, -0.05) is 12.8 Å². The zero-order valence-corrected chi connectivity index (χ0v) is 12.0. The number of rotatable bonds is 3. The Balaban J connectivity index is 2.28. The number of hydrogen-bond donors (Lipinski definition) is 2. The number of benzene rings is 1. The summed E-state index contributed by atoms with van der Waals surface area (Å²) in [6.45, 7) is 0. The van der Waals surface area contributed by atoms with Crippen molar-refractivity contribution in [2.45, 2.75) is 37.8 Å². The summed E-state index contributed by atoms with van der Waals surface area (Å²) in [5.74, 6) is -0.385. The smallest absolute Gasteiger partial charge is 0.337 e. The minimum absolute atomic E-state index is 0.0407. The number of aliphatic hydroxyl groups excluding tert-OH is 1. The Morgan fingerprint density at radius 1 is 1.40 bits per heavy atom. The van der Waals surface area contributed by atoms with Crippen molar-refractivity contribution in [2.24, 2.45) is 0 Å². The van der Waals surface area contributed by atoms with Gasteiger partial charge in [0.05, 0.1) is 36.2 Å². The Morgan fingerprint density at radius 3 is 2.75 bits per heavy atom. The molecule has 1 aliphatic rings. The van der Waals surface area contributed by atoms with Gasteiger partial charge in [-0.15, -0.1) is 0 Å². The molecule has 0 amide bonds. The molecule has 1 fully saturated rings. The van der Waals surface area contributed by atoms with Crippen molar-refractivity contribution >= 4 is 17.3 Å². The van der Waals surface area contributed by atoms with Crippen LogP contribution >= 0.6 is 0 Å². The standard InChI is InChI=1S/C15H22N2O3/c1-17(12-5-3-4-6-14(12)18)13-9-10(15(19)20-2)7-8-11(13)16/h7-9,12,14,18H,3-6,16H2,1-2H3. The lowest BCUT2D eigenvalue weighted by Gasteiger charge is -2.37. The van der Waals surface area contributed by atoms with E-state index in [2.05, 4.69) is 0 Å². The number of aliphatic hydroxyl groups is 1. The van der Waals surface area contributed by atoms with Crippen LogP contribution in [-0.2, 0) is 4.74 Å². The van der Waals surface area contributed by atoms with Crippen molar-refractivity contribution in [3.63, 3.8) is 0 Å². The van der Waals surface area contributed by atoms with Gasteiger partial charge in [-0.2, -0.15) is 0 Å². The van der Waals surface area contributed by atoms with E-state index >= 15 is 0 Å². The van der Waals surface area contributed by atoms with Gasteiger partial charge in [0.2, 0.25) is 0 Å². The molecular formula is C15H22N2O3. The molecule has 110 valence electrons. The van der Waals surface area contributed by atoms with Crippen LogP contribution in [0.2, 0.25) is 0 Å². The molecule has 1 aromatic rings. The predicted molar refractivity (Wildman–Crippen MR) is 78.9 cm³/mol. The SMILES string of the molecule is COC(=O)c1ccc(N)c(N(C)C2CCCCC2O)c1. The second-order valence-electron chi connectivity index (χ2n) is 5.30. The third kappa shape index (κ3) is 2.88. The van der Waals surface area contributed by atoms with E-state index in [1.807, 2.05) is 11.9 Å². The summed E-state index contributed by atoms with van der Waals surface area (Å²) in [4.78, 5) is 13.6. The maximum atomic E-state index is 11.6. The van der Waals surface area contributed by atoms with E-state index in [9.17, 15) is 9.90 Å². The highest BCUT2D eigenvalue weighted by Crippen LogP contribution is 2.31. The summed E-state index contributed by atoms with van der Waals surface area (Å²) in [7, 11) is 3.26. The fraction of sp³-hybridized carbons (Fsp3) is 0.533. The first kappa shape index (κ1) is 14.7. The van der Waals surface area contributed by atoms with Crippen molar-refractivity contribution in [3.05, 3.63) is 23.8 Å². The van der Waals surface area contributed by atoms with Crippen LogP contribution in [0.5, 0.6) is 0 Å². The molecule has 2 atom stereocenters. The number of ether oxygens (including phenoxy) is 1. The molecule has 0 spiro atoms. The van der Waals surface area contributed by atoms with E-state index < -0.39 is 0 Å². The number of esters is 1. The monoisotopic (exact) mass is 278 g/mol. The lowest BCUT2D eigenvalue weighted by Crippen LogP contribution is -2.43. The molecule has 5 nitrogen and oxygen atoms in total. The predicted octanol–water partition coefficient (Wildman–Crippen LogP) is 1.80. The van der Waals surface area contributed by atoms with Crippen LogP contribution in [0.4, 0.5) is 11.4 Å². The number of anilines is 2. The summed E-state index contributed by atoms with van der Waals surface area (Å²) in [6, 6.07) is 5.12. The molecule has 2 unspecified atom stereocenters. The first-order valence-corrected chi connectivity index (χ1v) is 6.93. The highest BCUT2D eigenvalue weighted by Gasteiger charge is 2.28. The topological polar surface area (TPSA) is 75.8 Å². The average Bonchev–Trinajstić information content (AvgIpc) is 2.46. The molecule has 20 heavy (non-hydrogen) atoms. The van der Waals surface area contributed by atoms with Crippen LogP contribution in [0, 0.1) is 0 Å². The molecule has 1 saturated carbocycles. The second kappa shape index (κ2) is 6.13. The van der Waals surface area contributed by atoms with E-state index in [0.29, 0.717) is 11.3 Å².